The molecule has 1 aliphatic heterocycles. The third-order valence-electron chi connectivity index (χ3n) is 4.94. The lowest BCUT2D eigenvalue weighted by atomic mass is 9.98. The van der Waals surface area contributed by atoms with Crippen molar-refractivity contribution in [2.45, 2.75) is 32.2 Å². The Labute approximate surface area is 161 Å². The second-order valence-electron chi connectivity index (χ2n) is 7.18. The standard InChI is InChI=1S/C21H26N2O3S/c1-16(2)18-8-10-19(11-9-18)20-21(24)22-13-14-23(20)27(25,26)15-12-17-6-4-3-5-7-17/h3-11,16,20H,12-15H2,1-2H3,(H,22,24). The molecule has 1 unspecified atom stereocenters. The zero-order valence-electron chi connectivity index (χ0n) is 15.8. The molecule has 0 spiro atoms. The van der Waals surface area contributed by atoms with Crippen molar-refractivity contribution >= 4 is 15.9 Å². The second-order valence-corrected chi connectivity index (χ2v) is 9.22. The molecule has 1 N–H and O–H groups in total. The van der Waals surface area contributed by atoms with E-state index >= 15 is 0 Å². The Morgan fingerprint density at radius 3 is 2.37 bits per heavy atom. The summed E-state index contributed by atoms with van der Waals surface area (Å²) < 4.78 is 27.4. The number of hydrogen-bond acceptors (Lipinski definition) is 3. The molecular weight excluding hydrogens is 360 g/mol. The van der Waals surface area contributed by atoms with Gasteiger partial charge in [-0.2, -0.15) is 4.31 Å². The van der Waals surface area contributed by atoms with Crippen LogP contribution in [0.3, 0.4) is 0 Å². The number of carbonyl (C=O) groups is 1. The molecular formula is C21H26N2O3S. The lowest BCUT2D eigenvalue weighted by molar-refractivity contribution is -0.126. The lowest BCUT2D eigenvalue weighted by Gasteiger charge is -2.34. The van der Waals surface area contributed by atoms with E-state index in [-0.39, 0.29) is 11.7 Å². The number of hydrogen-bond donors (Lipinski definition) is 1. The van der Waals surface area contributed by atoms with Crippen molar-refractivity contribution in [3.63, 3.8) is 0 Å². The Bertz CT molecular complexity index is 877. The first-order valence-corrected chi connectivity index (χ1v) is 10.9. The number of benzene rings is 2. The molecule has 2 aromatic carbocycles. The van der Waals surface area contributed by atoms with Gasteiger partial charge in [0.25, 0.3) is 0 Å². The lowest BCUT2D eigenvalue weighted by Crippen LogP contribution is -2.52. The van der Waals surface area contributed by atoms with Crippen LogP contribution in [-0.2, 0) is 21.2 Å². The van der Waals surface area contributed by atoms with Crippen LogP contribution in [-0.4, -0.2) is 37.5 Å². The zero-order valence-corrected chi connectivity index (χ0v) is 16.6. The van der Waals surface area contributed by atoms with Crippen molar-refractivity contribution in [3.8, 4) is 0 Å². The monoisotopic (exact) mass is 386 g/mol. The summed E-state index contributed by atoms with van der Waals surface area (Å²) in [5.74, 6) is 0.108. The van der Waals surface area contributed by atoms with Crippen molar-refractivity contribution < 1.29 is 13.2 Å². The molecule has 0 radical (unpaired) electrons. The SMILES string of the molecule is CC(C)c1ccc(C2C(=O)NCCN2S(=O)(=O)CCc2ccccc2)cc1. The Balaban J connectivity index is 1.83. The van der Waals surface area contributed by atoms with Crippen molar-refractivity contribution in [2.75, 3.05) is 18.8 Å². The van der Waals surface area contributed by atoms with Crippen molar-refractivity contribution in [2.24, 2.45) is 0 Å². The summed E-state index contributed by atoms with van der Waals surface area (Å²) in [6.07, 6.45) is 0.431. The van der Waals surface area contributed by atoms with Crippen molar-refractivity contribution in [1.82, 2.24) is 9.62 Å². The largest absolute Gasteiger partial charge is 0.353 e. The molecule has 6 heteroatoms. The zero-order chi connectivity index (χ0) is 19.4. The Morgan fingerprint density at radius 1 is 1.07 bits per heavy atom. The van der Waals surface area contributed by atoms with Crippen LogP contribution in [0.5, 0.6) is 0 Å². The van der Waals surface area contributed by atoms with Gasteiger partial charge in [0.05, 0.1) is 5.75 Å². The number of rotatable bonds is 6. The number of piperazine rings is 1. The normalized spacial score (nSPS) is 18.5. The van der Waals surface area contributed by atoms with E-state index in [1.54, 1.807) is 0 Å². The van der Waals surface area contributed by atoms with Crippen LogP contribution in [0.2, 0.25) is 0 Å². The van der Waals surface area contributed by atoms with Gasteiger partial charge in [0.1, 0.15) is 6.04 Å². The summed E-state index contributed by atoms with van der Waals surface area (Å²) >= 11 is 0. The smallest absolute Gasteiger partial charge is 0.243 e. The van der Waals surface area contributed by atoms with Crippen LogP contribution >= 0.6 is 0 Å². The number of aryl methyl sites for hydroxylation is 1. The molecule has 0 aliphatic carbocycles. The maximum atomic E-state index is 13.0. The molecule has 0 saturated carbocycles. The third-order valence-corrected chi connectivity index (χ3v) is 6.76. The molecule has 2 aromatic rings. The van der Waals surface area contributed by atoms with Gasteiger partial charge >= 0.3 is 0 Å². The van der Waals surface area contributed by atoms with Crippen LogP contribution in [0.1, 0.15) is 42.5 Å². The third kappa shape index (κ3) is 4.57. The topological polar surface area (TPSA) is 66.5 Å². The fourth-order valence-corrected chi connectivity index (χ4v) is 4.97. The quantitative estimate of drug-likeness (QED) is 0.830. The molecule has 27 heavy (non-hydrogen) atoms. The first-order chi connectivity index (χ1) is 12.9. The van der Waals surface area contributed by atoms with Gasteiger partial charge in [-0.25, -0.2) is 8.42 Å². The number of sulfonamides is 1. The highest BCUT2D eigenvalue weighted by Crippen LogP contribution is 2.28. The molecule has 0 aromatic heterocycles. The highest BCUT2D eigenvalue weighted by atomic mass is 32.2. The Morgan fingerprint density at radius 2 is 1.74 bits per heavy atom. The van der Waals surface area contributed by atoms with E-state index in [1.807, 2.05) is 54.6 Å². The predicted octanol–water partition coefficient (Wildman–Crippen LogP) is 2.86. The first kappa shape index (κ1) is 19.6. The number of nitrogens with zero attached hydrogens (tertiary/aromatic N) is 1. The van der Waals surface area contributed by atoms with E-state index in [0.29, 0.717) is 31.0 Å². The van der Waals surface area contributed by atoms with Gasteiger partial charge in [-0.15, -0.1) is 0 Å². The fourth-order valence-electron chi connectivity index (χ4n) is 3.34. The average molecular weight is 387 g/mol. The molecule has 1 atom stereocenters. The molecule has 144 valence electrons. The predicted molar refractivity (Wildman–Crippen MR) is 107 cm³/mol. The number of carbonyl (C=O) groups excluding carboxylic acids is 1. The van der Waals surface area contributed by atoms with E-state index in [1.165, 1.54) is 4.31 Å². The van der Waals surface area contributed by atoms with E-state index in [4.69, 9.17) is 0 Å². The first-order valence-electron chi connectivity index (χ1n) is 9.29. The Kier molecular flexibility index (Phi) is 5.97. The summed E-state index contributed by atoms with van der Waals surface area (Å²) in [5.41, 5.74) is 2.84. The van der Waals surface area contributed by atoms with Gasteiger partial charge in [-0.05, 0) is 29.0 Å². The number of nitrogens with one attached hydrogen (secondary N) is 1. The summed E-state index contributed by atoms with van der Waals surface area (Å²) in [7, 11) is -3.57. The van der Waals surface area contributed by atoms with E-state index < -0.39 is 16.1 Å². The van der Waals surface area contributed by atoms with E-state index in [2.05, 4.69) is 19.2 Å². The molecule has 1 saturated heterocycles. The molecule has 3 rings (SSSR count). The molecule has 1 amide bonds. The van der Waals surface area contributed by atoms with Crippen LogP contribution in [0.4, 0.5) is 0 Å². The maximum absolute atomic E-state index is 13.0. The van der Waals surface area contributed by atoms with Gasteiger partial charge in [-0.1, -0.05) is 68.4 Å². The highest BCUT2D eigenvalue weighted by molar-refractivity contribution is 7.89. The minimum atomic E-state index is -3.57. The summed E-state index contributed by atoms with van der Waals surface area (Å²) in [5, 5.41) is 2.80. The fraction of sp³-hybridized carbons (Fsp3) is 0.381. The van der Waals surface area contributed by atoms with Gasteiger partial charge in [0.15, 0.2) is 0 Å². The summed E-state index contributed by atoms with van der Waals surface area (Å²) in [4.78, 5) is 12.5. The van der Waals surface area contributed by atoms with Crippen LogP contribution in [0.25, 0.3) is 0 Å². The average Bonchev–Trinajstić information content (AvgIpc) is 2.67. The molecule has 1 heterocycles. The van der Waals surface area contributed by atoms with Crippen LogP contribution in [0, 0.1) is 0 Å². The van der Waals surface area contributed by atoms with Gasteiger partial charge in [0, 0.05) is 13.1 Å². The number of amides is 1. The molecule has 5 nitrogen and oxygen atoms in total. The van der Waals surface area contributed by atoms with E-state index in [9.17, 15) is 13.2 Å². The van der Waals surface area contributed by atoms with Gasteiger partial charge < -0.3 is 5.32 Å². The molecule has 1 aliphatic rings. The van der Waals surface area contributed by atoms with Gasteiger partial charge in [0.2, 0.25) is 15.9 Å². The summed E-state index contributed by atoms with van der Waals surface area (Å²) in [6, 6.07) is 16.4. The van der Waals surface area contributed by atoms with Crippen molar-refractivity contribution in [3.05, 3.63) is 71.3 Å². The van der Waals surface area contributed by atoms with Crippen LogP contribution in [0.15, 0.2) is 54.6 Å². The van der Waals surface area contributed by atoms with Gasteiger partial charge in [-0.3, -0.25) is 4.79 Å². The molecule has 1 fully saturated rings. The van der Waals surface area contributed by atoms with E-state index in [0.717, 1.165) is 11.1 Å². The Hall–Kier alpha value is -2.18. The van der Waals surface area contributed by atoms with Crippen molar-refractivity contribution in [1.29, 1.82) is 0 Å². The van der Waals surface area contributed by atoms with Crippen LogP contribution < -0.4 is 5.32 Å². The second kappa shape index (κ2) is 8.23. The molecule has 0 bridgehead atoms. The minimum Gasteiger partial charge on any atom is -0.353 e. The highest BCUT2D eigenvalue weighted by Gasteiger charge is 2.38. The summed E-state index contributed by atoms with van der Waals surface area (Å²) in [6.45, 7) is 4.83. The maximum Gasteiger partial charge on any atom is 0.243 e. The minimum absolute atomic E-state index is 0.00906.